The van der Waals surface area contributed by atoms with E-state index in [2.05, 4.69) is 9.72 Å². The van der Waals surface area contributed by atoms with E-state index in [1.54, 1.807) is 0 Å². The molecule has 0 radical (unpaired) electrons. The summed E-state index contributed by atoms with van der Waals surface area (Å²) in [4.78, 5) is 25.0. The summed E-state index contributed by atoms with van der Waals surface area (Å²) in [5, 5.41) is 9.45. The van der Waals surface area contributed by atoms with Crippen molar-refractivity contribution in [1.82, 2.24) is 4.98 Å². The molecule has 0 saturated heterocycles. The quantitative estimate of drug-likeness (QED) is 0.363. The van der Waals surface area contributed by atoms with Gasteiger partial charge in [0, 0.05) is 12.3 Å². The molecule has 0 fully saturated rings. The van der Waals surface area contributed by atoms with E-state index >= 15 is 0 Å². The van der Waals surface area contributed by atoms with Crippen molar-refractivity contribution in [3.8, 4) is 0 Å². The number of methoxy groups -OCH3 is 1. The van der Waals surface area contributed by atoms with Gasteiger partial charge in [-0.25, -0.2) is 19.9 Å². The van der Waals surface area contributed by atoms with Crippen molar-refractivity contribution in [1.29, 1.82) is 0 Å². The number of hydrogen-bond acceptors (Lipinski definition) is 5. The Morgan fingerprint density at radius 3 is 2.93 bits per heavy atom. The lowest BCUT2D eigenvalue weighted by Crippen LogP contribution is -2.13. The topological polar surface area (TPSA) is 94.4 Å². The van der Waals surface area contributed by atoms with Gasteiger partial charge in [0.1, 0.15) is 16.4 Å². The summed E-state index contributed by atoms with van der Waals surface area (Å²) < 4.78 is 4.41. The molecule has 1 N–H and O–H groups in total. The van der Waals surface area contributed by atoms with Crippen LogP contribution in [0.25, 0.3) is 0 Å². The third-order valence-corrected chi connectivity index (χ3v) is 1.69. The molecule has 0 aliphatic heterocycles. The Morgan fingerprint density at radius 2 is 2.40 bits per heavy atom. The number of carbonyl (C=O) groups excluding carboxylic acids is 1. The van der Waals surface area contributed by atoms with Gasteiger partial charge in [0.05, 0.1) is 7.11 Å². The summed E-state index contributed by atoms with van der Waals surface area (Å²) in [6, 6.07) is 1.16. The Kier molecular flexibility index (Phi) is 3.40. The second kappa shape index (κ2) is 4.56. The van der Waals surface area contributed by atoms with Crippen molar-refractivity contribution in [2.75, 3.05) is 12.5 Å². The van der Waals surface area contributed by atoms with Gasteiger partial charge in [-0.3, -0.25) is 0 Å². The monoisotopic (exact) mass is 231 g/mol. The maximum absolute atomic E-state index is 11.2. The van der Waals surface area contributed by atoms with Crippen LogP contribution < -0.4 is 5.43 Å². The van der Waals surface area contributed by atoms with Crippen LogP contribution in [0.1, 0.15) is 10.4 Å². The molecule has 0 saturated carbocycles. The number of hydrogen-bond donors (Lipinski definition) is 1. The molecular weight excluding hydrogens is 226 g/mol. The number of aromatic nitrogens is 1. The molecule has 0 amide bonds. The Bertz CT molecular complexity index is 409. The standard InChI is InChI=1S/C7H6ClN3O4/c1-15-7(12)4-3-9-6(8)2-5(4)10-11(13)14/h2-3H,1H3,(H,9,10). The lowest BCUT2D eigenvalue weighted by Gasteiger charge is -2.04. The summed E-state index contributed by atoms with van der Waals surface area (Å²) in [5.74, 6) is -0.733. The second-order valence-corrected chi connectivity index (χ2v) is 2.80. The molecular formula is C7H6ClN3O4. The first kappa shape index (κ1) is 11.2. The number of rotatable bonds is 3. The zero-order valence-corrected chi connectivity index (χ0v) is 8.32. The van der Waals surface area contributed by atoms with E-state index in [9.17, 15) is 14.9 Å². The third kappa shape index (κ3) is 2.78. The molecule has 8 heteroatoms. The first-order chi connectivity index (χ1) is 7.04. The minimum absolute atomic E-state index is 0.0343. The normalized spacial score (nSPS) is 9.47. The van der Waals surface area contributed by atoms with Gasteiger partial charge in [-0.05, 0) is 0 Å². The maximum Gasteiger partial charge on any atom is 0.341 e. The van der Waals surface area contributed by atoms with Crippen LogP contribution in [-0.4, -0.2) is 23.1 Å². The van der Waals surface area contributed by atoms with Gasteiger partial charge >= 0.3 is 5.97 Å². The Labute approximate surface area is 89.1 Å². The van der Waals surface area contributed by atoms with Crippen LogP contribution in [0.15, 0.2) is 12.3 Å². The molecule has 0 aliphatic carbocycles. The molecule has 0 unspecified atom stereocenters. The highest BCUT2D eigenvalue weighted by atomic mass is 35.5. The lowest BCUT2D eigenvalue weighted by molar-refractivity contribution is -0.445. The fourth-order valence-corrected chi connectivity index (χ4v) is 1.05. The smallest absolute Gasteiger partial charge is 0.341 e. The van der Waals surface area contributed by atoms with Gasteiger partial charge < -0.3 is 4.74 Å². The van der Waals surface area contributed by atoms with Crippen LogP contribution in [0.3, 0.4) is 0 Å². The summed E-state index contributed by atoms with van der Waals surface area (Å²) >= 11 is 5.52. The van der Waals surface area contributed by atoms with Gasteiger partial charge in [0.2, 0.25) is 0 Å². The lowest BCUT2D eigenvalue weighted by atomic mass is 10.2. The van der Waals surface area contributed by atoms with Crippen LogP contribution in [-0.2, 0) is 4.74 Å². The molecule has 1 aromatic heterocycles. The number of anilines is 1. The molecule has 0 atom stereocenters. The summed E-state index contributed by atoms with van der Waals surface area (Å²) in [5.41, 5.74) is 1.71. The first-order valence-corrected chi connectivity index (χ1v) is 4.07. The highest BCUT2D eigenvalue weighted by Crippen LogP contribution is 2.19. The van der Waals surface area contributed by atoms with E-state index in [4.69, 9.17) is 11.6 Å². The predicted octanol–water partition coefficient (Wildman–Crippen LogP) is 1.13. The Morgan fingerprint density at radius 1 is 1.73 bits per heavy atom. The molecule has 80 valence electrons. The van der Waals surface area contributed by atoms with Gasteiger partial charge in [-0.15, -0.1) is 5.43 Å². The van der Waals surface area contributed by atoms with E-state index < -0.39 is 11.0 Å². The van der Waals surface area contributed by atoms with Gasteiger partial charge in [-0.1, -0.05) is 11.6 Å². The molecule has 15 heavy (non-hydrogen) atoms. The maximum atomic E-state index is 11.2. The van der Waals surface area contributed by atoms with E-state index in [-0.39, 0.29) is 16.4 Å². The molecule has 0 bridgehead atoms. The zero-order valence-electron chi connectivity index (χ0n) is 7.56. The van der Waals surface area contributed by atoms with Crippen molar-refractivity contribution >= 4 is 23.3 Å². The molecule has 1 aromatic rings. The molecule has 0 spiro atoms. The Hall–Kier alpha value is -1.89. The fraction of sp³-hybridized carbons (Fsp3) is 0.143. The highest BCUT2D eigenvalue weighted by molar-refractivity contribution is 6.29. The van der Waals surface area contributed by atoms with E-state index in [1.807, 2.05) is 5.43 Å². The highest BCUT2D eigenvalue weighted by Gasteiger charge is 2.16. The van der Waals surface area contributed by atoms with Crippen molar-refractivity contribution in [3.05, 3.63) is 33.1 Å². The minimum atomic E-state index is -0.807. The number of nitro groups is 1. The van der Waals surface area contributed by atoms with Crippen LogP contribution in [0.2, 0.25) is 5.15 Å². The zero-order chi connectivity index (χ0) is 11.4. The number of ether oxygens (including phenoxy) is 1. The Balaban J connectivity index is 3.13. The average molecular weight is 232 g/mol. The number of pyridine rings is 1. The number of esters is 1. The number of nitrogens with zero attached hydrogens (tertiary/aromatic N) is 2. The van der Waals surface area contributed by atoms with E-state index in [0.717, 1.165) is 19.4 Å². The second-order valence-electron chi connectivity index (χ2n) is 2.41. The van der Waals surface area contributed by atoms with Gasteiger partial charge in [-0.2, -0.15) is 0 Å². The van der Waals surface area contributed by atoms with Gasteiger partial charge in [0.25, 0.3) is 0 Å². The SMILES string of the molecule is COC(=O)c1cnc(Cl)cc1N[N+](=O)[O-]. The summed E-state index contributed by atoms with van der Waals surface area (Å²) in [7, 11) is 1.16. The summed E-state index contributed by atoms with van der Waals surface area (Å²) in [6.45, 7) is 0. The fourth-order valence-electron chi connectivity index (χ4n) is 0.893. The van der Waals surface area contributed by atoms with Crippen LogP contribution >= 0.6 is 11.6 Å². The molecule has 0 aliphatic rings. The first-order valence-electron chi connectivity index (χ1n) is 3.69. The van der Waals surface area contributed by atoms with Crippen LogP contribution in [0.4, 0.5) is 5.69 Å². The van der Waals surface area contributed by atoms with Crippen molar-refractivity contribution in [2.45, 2.75) is 0 Å². The van der Waals surface area contributed by atoms with Gasteiger partial charge in [0.15, 0.2) is 5.03 Å². The molecule has 1 heterocycles. The van der Waals surface area contributed by atoms with Crippen LogP contribution in [0.5, 0.6) is 0 Å². The minimum Gasteiger partial charge on any atom is -0.465 e. The van der Waals surface area contributed by atoms with Crippen LogP contribution in [0, 0.1) is 10.1 Å². The third-order valence-electron chi connectivity index (χ3n) is 1.49. The van der Waals surface area contributed by atoms with E-state index in [0.29, 0.717) is 0 Å². The largest absolute Gasteiger partial charge is 0.465 e. The van der Waals surface area contributed by atoms with Crippen molar-refractivity contribution in [3.63, 3.8) is 0 Å². The number of carbonyl (C=O) groups is 1. The summed E-state index contributed by atoms with van der Waals surface area (Å²) in [6.07, 6.45) is 1.10. The number of nitrogens with one attached hydrogen (secondary N) is 1. The predicted molar refractivity (Wildman–Crippen MR) is 51.2 cm³/mol. The molecule has 7 nitrogen and oxygen atoms in total. The molecule has 0 aromatic carbocycles. The van der Waals surface area contributed by atoms with Crippen molar-refractivity contribution in [2.24, 2.45) is 0 Å². The number of hydrazine groups is 1. The van der Waals surface area contributed by atoms with Crippen molar-refractivity contribution < 1.29 is 14.6 Å². The average Bonchev–Trinajstić information content (AvgIpc) is 2.16. The van der Waals surface area contributed by atoms with E-state index in [1.165, 1.54) is 0 Å². The molecule has 1 rings (SSSR count). The number of halogens is 1.